The number of aliphatic imine (C=N–C) groups is 1. The highest BCUT2D eigenvalue weighted by molar-refractivity contribution is 14.0. The second kappa shape index (κ2) is 4.35. The lowest BCUT2D eigenvalue weighted by atomic mass is 10.0. The number of nitrogens with one attached hydrogen (secondary N) is 1. The van der Waals surface area contributed by atoms with E-state index in [-0.39, 0.29) is 24.0 Å². The maximum atomic E-state index is 4.44. The van der Waals surface area contributed by atoms with Crippen LogP contribution in [0.25, 0.3) is 0 Å². The summed E-state index contributed by atoms with van der Waals surface area (Å²) in [5.74, 6) is 1.84. The maximum absolute atomic E-state index is 4.44. The van der Waals surface area contributed by atoms with E-state index in [1.807, 2.05) is 0 Å². The molecule has 2 aliphatic rings. The van der Waals surface area contributed by atoms with Gasteiger partial charge in [0.25, 0.3) is 0 Å². The third-order valence-corrected chi connectivity index (χ3v) is 4.84. The van der Waals surface area contributed by atoms with Crippen molar-refractivity contribution in [2.45, 2.75) is 27.7 Å². The minimum atomic E-state index is 0. The summed E-state index contributed by atoms with van der Waals surface area (Å²) in [7, 11) is 2.10. The van der Waals surface area contributed by atoms with E-state index in [1.54, 1.807) is 0 Å². The van der Waals surface area contributed by atoms with Crippen molar-refractivity contribution < 1.29 is 0 Å². The second-order valence-electron chi connectivity index (χ2n) is 6.00. The van der Waals surface area contributed by atoms with Crippen molar-refractivity contribution in [3.05, 3.63) is 0 Å². The van der Waals surface area contributed by atoms with Crippen LogP contribution in [0.4, 0.5) is 0 Å². The van der Waals surface area contributed by atoms with Crippen LogP contribution in [0.2, 0.25) is 0 Å². The molecule has 0 amide bonds. The summed E-state index contributed by atoms with van der Waals surface area (Å²) in [6, 6.07) is 0. The highest BCUT2D eigenvalue weighted by Crippen LogP contribution is 2.67. The molecule has 0 saturated heterocycles. The van der Waals surface area contributed by atoms with Crippen LogP contribution in [0.5, 0.6) is 0 Å². The highest BCUT2D eigenvalue weighted by Gasteiger charge is 2.64. The third kappa shape index (κ3) is 2.05. The lowest BCUT2D eigenvalue weighted by Crippen LogP contribution is -2.37. The lowest BCUT2D eigenvalue weighted by Gasteiger charge is -2.15. The van der Waals surface area contributed by atoms with Crippen LogP contribution in [0, 0.1) is 16.7 Å². The van der Waals surface area contributed by atoms with Crippen LogP contribution in [-0.2, 0) is 0 Å². The molecule has 0 aromatic heterocycles. The number of hydrogen-bond acceptors (Lipinski definition) is 3. The summed E-state index contributed by atoms with van der Waals surface area (Å²) >= 11 is 0. The molecule has 4 heteroatoms. The Kier molecular flexibility index (Phi) is 3.82. The first-order valence-corrected chi connectivity index (χ1v) is 5.87. The SMILES string of the molecule is CN1CCN=C1NCC1C(C)(C)C1(C)C.I. The Morgan fingerprint density at radius 2 is 1.88 bits per heavy atom. The summed E-state index contributed by atoms with van der Waals surface area (Å²) in [4.78, 5) is 6.64. The van der Waals surface area contributed by atoms with E-state index in [0.29, 0.717) is 10.8 Å². The average molecular weight is 337 g/mol. The van der Waals surface area contributed by atoms with Gasteiger partial charge in [0.2, 0.25) is 0 Å². The first-order valence-electron chi connectivity index (χ1n) is 5.87. The summed E-state index contributed by atoms with van der Waals surface area (Å²) in [6.45, 7) is 12.5. The van der Waals surface area contributed by atoms with Gasteiger partial charge in [-0.05, 0) is 16.7 Å². The molecule has 0 unspecified atom stereocenters. The predicted octanol–water partition coefficient (Wildman–Crippen LogP) is 2.18. The Morgan fingerprint density at radius 3 is 2.25 bits per heavy atom. The van der Waals surface area contributed by atoms with Gasteiger partial charge in [0.1, 0.15) is 0 Å². The van der Waals surface area contributed by atoms with E-state index in [1.165, 1.54) is 0 Å². The van der Waals surface area contributed by atoms with Crippen molar-refractivity contribution in [2.75, 3.05) is 26.7 Å². The van der Waals surface area contributed by atoms with Gasteiger partial charge in [-0.15, -0.1) is 24.0 Å². The smallest absolute Gasteiger partial charge is 0.193 e. The van der Waals surface area contributed by atoms with Crippen molar-refractivity contribution >= 4 is 29.9 Å². The fourth-order valence-corrected chi connectivity index (χ4v) is 2.76. The largest absolute Gasteiger partial charge is 0.356 e. The van der Waals surface area contributed by atoms with Gasteiger partial charge >= 0.3 is 0 Å². The molecular weight excluding hydrogens is 313 g/mol. The van der Waals surface area contributed by atoms with Crippen molar-refractivity contribution in [1.82, 2.24) is 10.2 Å². The summed E-state index contributed by atoms with van der Waals surface area (Å²) in [6.07, 6.45) is 0. The monoisotopic (exact) mass is 337 g/mol. The number of hydrogen-bond donors (Lipinski definition) is 1. The number of guanidine groups is 1. The topological polar surface area (TPSA) is 27.6 Å². The van der Waals surface area contributed by atoms with Gasteiger partial charge < -0.3 is 10.2 Å². The molecule has 0 aromatic rings. The molecule has 0 bridgehead atoms. The van der Waals surface area contributed by atoms with Crippen molar-refractivity contribution in [1.29, 1.82) is 0 Å². The minimum absolute atomic E-state index is 0. The van der Waals surface area contributed by atoms with Gasteiger partial charge in [0.05, 0.1) is 6.54 Å². The molecule has 1 aliphatic carbocycles. The van der Waals surface area contributed by atoms with E-state index in [2.05, 4.69) is 50.0 Å². The molecule has 2 rings (SSSR count). The first-order chi connectivity index (χ1) is 6.87. The number of likely N-dealkylation sites (N-methyl/N-ethyl adjacent to an activating group) is 1. The Bertz CT molecular complexity index is 283. The van der Waals surface area contributed by atoms with Gasteiger partial charge in [-0.2, -0.15) is 0 Å². The third-order valence-electron chi connectivity index (χ3n) is 4.84. The maximum Gasteiger partial charge on any atom is 0.193 e. The molecule has 1 saturated carbocycles. The van der Waals surface area contributed by atoms with Gasteiger partial charge in [-0.1, -0.05) is 27.7 Å². The van der Waals surface area contributed by atoms with Crippen LogP contribution in [0.1, 0.15) is 27.7 Å². The molecule has 0 atom stereocenters. The summed E-state index contributed by atoms with van der Waals surface area (Å²) in [5, 5.41) is 3.48. The fourth-order valence-electron chi connectivity index (χ4n) is 2.76. The Balaban J connectivity index is 0.00000128. The molecule has 1 N–H and O–H groups in total. The van der Waals surface area contributed by atoms with Crippen LogP contribution in [0.3, 0.4) is 0 Å². The molecule has 1 fully saturated rings. The number of nitrogens with zero attached hydrogens (tertiary/aromatic N) is 2. The zero-order valence-corrected chi connectivity index (χ0v) is 13.3. The first kappa shape index (κ1) is 14.1. The van der Waals surface area contributed by atoms with E-state index in [0.717, 1.165) is 31.5 Å². The summed E-state index contributed by atoms with van der Waals surface area (Å²) < 4.78 is 0. The second-order valence-corrected chi connectivity index (χ2v) is 6.00. The Hall–Kier alpha value is 0. The van der Waals surface area contributed by atoms with Crippen LogP contribution < -0.4 is 5.32 Å². The van der Waals surface area contributed by atoms with Gasteiger partial charge in [-0.3, -0.25) is 4.99 Å². The van der Waals surface area contributed by atoms with Crippen LogP contribution >= 0.6 is 24.0 Å². The fraction of sp³-hybridized carbons (Fsp3) is 0.917. The van der Waals surface area contributed by atoms with Gasteiger partial charge in [0, 0.05) is 20.1 Å². The molecule has 0 spiro atoms. The van der Waals surface area contributed by atoms with Crippen LogP contribution in [-0.4, -0.2) is 37.5 Å². The quantitative estimate of drug-likeness (QED) is 0.782. The molecule has 1 heterocycles. The summed E-state index contributed by atoms with van der Waals surface area (Å²) in [5.41, 5.74) is 0.940. The van der Waals surface area contributed by atoms with Crippen molar-refractivity contribution in [3.8, 4) is 0 Å². The van der Waals surface area contributed by atoms with Gasteiger partial charge in [-0.25, -0.2) is 0 Å². The molecular formula is C12H24IN3. The number of rotatable bonds is 2. The van der Waals surface area contributed by atoms with E-state index >= 15 is 0 Å². The van der Waals surface area contributed by atoms with Crippen molar-refractivity contribution in [3.63, 3.8) is 0 Å². The molecule has 0 aromatic carbocycles. The Morgan fingerprint density at radius 1 is 1.31 bits per heavy atom. The van der Waals surface area contributed by atoms with E-state index in [9.17, 15) is 0 Å². The molecule has 94 valence electrons. The standard InChI is InChI=1S/C12H23N3.HI/c1-11(2)9(12(11,3)4)8-14-10-13-6-7-15(10)5;/h9H,6-8H2,1-5H3,(H,13,14);1H. The normalized spacial score (nSPS) is 26.1. The highest BCUT2D eigenvalue weighted by atomic mass is 127. The predicted molar refractivity (Wildman–Crippen MR) is 79.4 cm³/mol. The number of halogens is 1. The minimum Gasteiger partial charge on any atom is -0.356 e. The van der Waals surface area contributed by atoms with Crippen LogP contribution in [0.15, 0.2) is 4.99 Å². The average Bonchev–Trinajstić information content (AvgIpc) is 2.49. The zero-order valence-electron chi connectivity index (χ0n) is 11.0. The molecule has 0 radical (unpaired) electrons. The zero-order chi connectivity index (χ0) is 11.3. The molecule has 3 nitrogen and oxygen atoms in total. The van der Waals surface area contributed by atoms with Gasteiger partial charge in [0.15, 0.2) is 5.96 Å². The van der Waals surface area contributed by atoms with E-state index in [4.69, 9.17) is 0 Å². The molecule has 16 heavy (non-hydrogen) atoms. The Labute approximate surface area is 116 Å². The lowest BCUT2D eigenvalue weighted by molar-refractivity contribution is 0.457. The van der Waals surface area contributed by atoms with Crippen molar-refractivity contribution in [2.24, 2.45) is 21.7 Å². The van der Waals surface area contributed by atoms with E-state index < -0.39 is 0 Å². The molecule has 1 aliphatic heterocycles.